The highest BCUT2D eigenvalue weighted by Gasteiger charge is 2.19. The molecule has 0 aliphatic carbocycles. The summed E-state index contributed by atoms with van der Waals surface area (Å²) in [7, 11) is 1.55. The number of ether oxygens (including phenoxy) is 2. The summed E-state index contributed by atoms with van der Waals surface area (Å²) in [6.07, 6.45) is 4.18. The van der Waals surface area contributed by atoms with Gasteiger partial charge in [-0.15, -0.1) is 6.58 Å². The summed E-state index contributed by atoms with van der Waals surface area (Å²) in [4.78, 5) is 17.5. The monoisotopic (exact) mass is 324 g/mol. The second-order valence-corrected chi connectivity index (χ2v) is 5.64. The van der Waals surface area contributed by atoms with Gasteiger partial charge in [-0.2, -0.15) is 0 Å². The van der Waals surface area contributed by atoms with Crippen LogP contribution in [-0.4, -0.2) is 49.4 Å². The quantitative estimate of drug-likeness (QED) is 0.366. The zero-order chi connectivity index (χ0) is 17.9. The molecule has 1 amide bonds. The minimum Gasteiger partial charge on any atom is -0.444 e. The van der Waals surface area contributed by atoms with Crippen LogP contribution in [0, 0.1) is 0 Å². The molecule has 7 nitrogen and oxygen atoms in total. The number of hydrogen-bond donors (Lipinski definition) is 2. The number of amides is 1. The molecule has 2 N–H and O–H groups in total. The zero-order valence-corrected chi connectivity index (χ0v) is 14.5. The topological polar surface area (TPSA) is 75.2 Å². The Balaban J connectivity index is 4.55. The molecule has 0 heterocycles. The fourth-order valence-electron chi connectivity index (χ4n) is 1.46. The maximum Gasteiger partial charge on any atom is 0.408 e. The normalized spacial score (nSPS) is 12.3. The summed E-state index contributed by atoms with van der Waals surface area (Å²) in [5.41, 5.74) is -0.559. The van der Waals surface area contributed by atoms with Crippen molar-refractivity contribution >= 4 is 12.4 Å². The van der Waals surface area contributed by atoms with Gasteiger partial charge in [-0.3, -0.25) is 0 Å². The van der Waals surface area contributed by atoms with Crippen LogP contribution >= 0.6 is 0 Å². The Morgan fingerprint density at radius 3 is 2.52 bits per heavy atom. The lowest BCUT2D eigenvalue weighted by atomic mass is 10.2. The first-order valence-electron chi connectivity index (χ1n) is 7.17. The second kappa shape index (κ2) is 10.4. The van der Waals surface area contributed by atoms with Crippen molar-refractivity contribution in [1.82, 2.24) is 15.5 Å². The minimum absolute atomic E-state index is 0.254. The van der Waals surface area contributed by atoms with E-state index in [0.717, 1.165) is 0 Å². The zero-order valence-electron chi connectivity index (χ0n) is 14.5. The molecule has 0 aromatic rings. The third-order valence-corrected chi connectivity index (χ3v) is 2.47. The Morgan fingerprint density at radius 1 is 1.39 bits per heavy atom. The van der Waals surface area contributed by atoms with Crippen molar-refractivity contribution in [3.8, 4) is 0 Å². The van der Waals surface area contributed by atoms with Crippen LogP contribution in [0.25, 0.3) is 0 Å². The first-order valence-corrected chi connectivity index (χ1v) is 7.17. The molecule has 1 atom stereocenters. The maximum atomic E-state index is 11.8. The van der Waals surface area contributed by atoms with Crippen molar-refractivity contribution in [3.05, 3.63) is 37.8 Å². The second-order valence-electron chi connectivity index (χ2n) is 5.64. The van der Waals surface area contributed by atoms with Crippen molar-refractivity contribution < 1.29 is 14.3 Å². The Bertz CT molecular complexity index is 441. The van der Waals surface area contributed by atoms with Crippen LogP contribution in [0.5, 0.6) is 0 Å². The molecule has 7 heteroatoms. The standard InChI is InChI=1S/C16H28N4O3/c1-8-14(19-15(21)23-16(4,5)6)10-20(9-2)13(3)18-11-17-12-22-7/h8-9,11,14H,1-3,10,12H2,4-7H3,(H,17,18)(H,19,21). The van der Waals surface area contributed by atoms with Gasteiger partial charge in [0.2, 0.25) is 0 Å². The molecule has 0 saturated heterocycles. The summed E-state index contributed by atoms with van der Waals surface area (Å²) < 4.78 is 10.0. The maximum absolute atomic E-state index is 11.8. The molecule has 130 valence electrons. The van der Waals surface area contributed by atoms with Gasteiger partial charge in [0.1, 0.15) is 18.2 Å². The van der Waals surface area contributed by atoms with Gasteiger partial charge in [-0.25, -0.2) is 9.79 Å². The van der Waals surface area contributed by atoms with Gasteiger partial charge in [0, 0.05) is 13.7 Å². The Morgan fingerprint density at radius 2 is 2.04 bits per heavy atom. The number of hydrogen-bond acceptors (Lipinski definition) is 5. The summed E-state index contributed by atoms with van der Waals surface area (Å²) in [6.45, 7) is 17.4. The summed E-state index contributed by atoms with van der Waals surface area (Å²) in [6, 6.07) is -0.336. The number of nitrogens with one attached hydrogen (secondary N) is 2. The van der Waals surface area contributed by atoms with Crippen LogP contribution in [0.3, 0.4) is 0 Å². The van der Waals surface area contributed by atoms with E-state index in [1.165, 1.54) is 6.34 Å². The van der Waals surface area contributed by atoms with E-state index < -0.39 is 11.7 Å². The van der Waals surface area contributed by atoms with E-state index in [1.54, 1.807) is 45.1 Å². The van der Waals surface area contributed by atoms with Crippen molar-refractivity contribution in [1.29, 1.82) is 0 Å². The van der Waals surface area contributed by atoms with E-state index in [2.05, 4.69) is 35.4 Å². The predicted octanol–water partition coefficient (Wildman–Crippen LogP) is 2.20. The van der Waals surface area contributed by atoms with Crippen LogP contribution in [0.15, 0.2) is 42.8 Å². The van der Waals surface area contributed by atoms with E-state index in [9.17, 15) is 4.79 Å². The van der Waals surface area contributed by atoms with E-state index in [0.29, 0.717) is 12.4 Å². The first kappa shape index (κ1) is 20.7. The Kier molecular flexibility index (Phi) is 9.41. The third-order valence-electron chi connectivity index (χ3n) is 2.47. The number of methoxy groups -OCH3 is 1. The first-order chi connectivity index (χ1) is 10.7. The third kappa shape index (κ3) is 10.1. The van der Waals surface area contributed by atoms with Crippen LogP contribution in [0.1, 0.15) is 20.8 Å². The molecule has 0 fully saturated rings. The van der Waals surface area contributed by atoms with Crippen molar-refractivity contribution in [2.45, 2.75) is 32.4 Å². The molecule has 0 spiro atoms. The number of alkyl carbamates (subject to hydrolysis) is 1. The molecular formula is C16H28N4O3. The molecule has 0 bridgehead atoms. The average molecular weight is 324 g/mol. The van der Waals surface area contributed by atoms with Gasteiger partial charge in [0.05, 0.1) is 12.4 Å². The van der Waals surface area contributed by atoms with E-state index >= 15 is 0 Å². The highest BCUT2D eigenvalue weighted by molar-refractivity contribution is 5.68. The van der Waals surface area contributed by atoms with E-state index in [4.69, 9.17) is 9.47 Å². The molecule has 0 aliphatic rings. The Labute approximate surface area is 138 Å². The molecule has 0 aromatic carbocycles. The predicted molar refractivity (Wildman–Crippen MR) is 92.9 cm³/mol. The number of aliphatic imine (C=N–C) groups is 1. The van der Waals surface area contributed by atoms with Crippen LogP contribution < -0.4 is 10.6 Å². The fourth-order valence-corrected chi connectivity index (χ4v) is 1.46. The molecule has 0 saturated carbocycles. The number of carbonyl (C=O) groups is 1. The smallest absolute Gasteiger partial charge is 0.408 e. The average Bonchev–Trinajstić information content (AvgIpc) is 2.45. The van der Waals surface area contributed by atoms with Crippen LogP contribution in [-0.2, 0) is 9.47 Å². The lowest BCUT2D eigenvalue weighted by molar-refractivity contribution is 0.0510. The Hall–Kier alpha value is -2.28. The molecule has 0 rings (SSSR count). The van der Waals surface area contributed by atoms with Gasteiger partial charge in [-0.1, -0.05) is 19.2 Å². The van der Waals surface area contributed by atoms with Crippen LogP contribution in [0.4, 0.5) is 4.79 Å². The van der Waals surface area contributed by atoms with Gasteiger partial charge < -0.3 is 25.0 Å². The van der Waals surface area contributed by atoms with Gasteiger partial charge in [0.25, 0.3) is 0 Å². The highest BCUT2D eigenvalue weighted by atomic mass is 16.6. The lowest BCUT2D eigenvalue weighted by Gasteiger charge is -2.27. The van der Waals surface area contributed by atoms with Gasteiger partial charge >= 0.3 is 6.09 Å². The van der Waals surface area contributed by atoms with Gasteiger partial charge in [0.15, 0.2) is 0 Å². The number of rotatable bonds is 10. The fraction of sp³-hybridized carbons (Fsp3) is 0.500. The van der Waals surface area contributed by atoms with Crippen molar-refractivity contribution in [3.63, 3.8) is 0 Å². The molecule has 0 aromatic heterocycles. The van der Waals surface area contributed by atoms with Gasteiger partial charge in [-0.05, 0) is 27.0 Å². The summed E-state index contributed by atoms with van der Waals surface area (Å²) >= 11 is 0. The van der Waals surface area contributed by atoms with Crippen LogP contribution in [0.2, 0.25) is 0 Å². The number of nitrogens with zero attached hydrogens (tertiary/aromatic N) is 2. The highest BCUT2D eigenvalue weighted by Crippen LogP contribution is 2.07. The molecule has 1 unspecified atom stereocenters. The molecular weight excluding hydrogens is 296 g/mol. The molecule has 0 radical (unpaired) electrons. The lowest BCUT2D eigenvalue weighted by Crippen LogP contribution is -2.44. The minimum atomic E-state index is -0.559. The van der Waals surface area contributed by atoms with E-state index in [1.807, 2.05) is 0 Å². The van der Waals surface area contributed by atoms with Crippen molar-refractivity contribution in [2.75, 3.05) is 20.4 Å². The molecule has 23 heavy (non-hydrogen) atoms. The summed E-state index contributed by atoms with van der Waals surface area (Å²) in [5, 5.41) is 5.63. The van der Waals surface area contributed by atoms with E-state index in [-0.39, 0.29) is 12.8 Å². The summed E-state index contributed by atoms with van der Waals surface area (Å²) in [5.74, 6) is 0.553. The number of carbonyl (C=O) groups excluding carboxylic acids is 1. The largest absolute Gasteiger partial charge is 0.444 e. The SMILES string of the molecule is C=CC(CN(C=C)C(=C)NC=NCOC)NC(=O)OC(C)(C)C. The molecule has 0 aliphatic heterocycles. The van der Waals surface area contributed by atoms with Crippen molar-refractivity contribution in [2.24, 2.45) is 4.99 Å².